The minimum absolute atomic E-state index is 0.0370. The second kappa shape index (κ2) is 5.54. The minimum atomic E-state index is -3.61. The molecule has 0 aliphatic heterocycles. The van der Waals surface area contributed by atoms with Gasteiger partial charge >= 0.3 is 5.97 Å². The fraction of sp³-hybridized carbons (Fsp3) is 0.500. The van der Waals surface area contributed by atoms with E-state index in [1.165, 1.54) is 4.31 Å². The molecule has 0 spiro atoms. The molecule has 1 aromatic carbocycles. The summed E-state index contributed by atoms with van der Waals surface area (Å²) in [5.41, 5.74) is 1.77. The molecule has 20 heavy (non-hydrogen) atoms. The van der Waals surface area contributed by atoms with Crippen LogP contribution in [0.2, 0.25) is 0 Å². The van der Waals surface area contributed by atoms with Gasteiger partial charge in [0.05, 0.1) is 11.3 Å². The van der Waals surface area contributed by atoms with Gasteiger partial charge in [-0.15, -0.1) is 0 Å². The van der Waals surface area contributed by atoms with Crippen LogP contribution in [0.25, 0.3) is 0 Å². The molecule has 0 heterocycles. The van der Waals surface area contributed by atoms with E-state index in [9.17, 15) is 13.2 Å². The van der Waals surface area contributed by atoms with E-state index in [0.717, 1.165) is 24.0 Å². The summed E-state index contributed by atoms with van der Waals surface area (Å²) in [6, 6.07) is 5.15. The summed E-state index contributed by atoms with van der Waals surface area (Å²) in [5, 5.41) is 8.77. The molecule has 0 aromatic heterocycles. The smallest absolute Gasteiger partial charge is 0.304 e. The summed E-state index contributed by atoms with van der Waals surface area (Å²) < 4.78 is 26.7. The molecule has 5 nitrogen and oxygen atoms in total. The number of carboxylic acids is 1. The van der Waals surface area contributed by atoms with Crippen molar-refractivity contribution in [2.75, 3.05) is 6.54 Å². The molecule has 1 N–H and O–H groups in total. The first-order valence-corrected chi connectivity index (χ1v) is 8.06. The van der Waals surface area contributed by atoms with Crippen molar-refractivity contribution >= 4 is 16.0 Å². The van der Waals surface area contributed by atoms with Crippen LogP contribution in [0.4, 0.5) is 0 Å². The van der Waals surface area contributed by atoms with Crippen LogP contribution < -0.4 is 0 Å². The Labute approximate surface area is 119 Å². The molecule has 0 amide bonds. The van der Waals surface area contributed by atoms with Crippen molar-refractivity contribution in [3.8, 4) is 0 Å². The highest BCUT2D eigenvalue weighted by Crippen LogP contribution is 2.32. The maximum absolute atomic E-state index is 12.7. The maximum Gasteiger partial charge on any atom is 0.304 e. The molecule has 0 atom stereocenters. The molecule has 0 bridgehead atoms. The lowest BCUT2D eigenvalue weighted by atomic mass is 10.2. The highest BCUT2D eigenvalue weighted by Gasteiger charge is 2.38. The average Bonchev–Trinajstić information content (AvgIpc) is 3.11. The lowest BCUT2D eigenvalue weighted by Crippen LogP contribution is -2.35. The lowest BCUT2D eigenvalue weighted by molar-refractivity contribution is -0.137. The van der Waals surface area contributed by atoms with E-state index in [4.69, 9.17) is 5.11 Å². The fourth-order valence-corrected chi connectivity index (χ4v) is 4.16. The third-order valence-electron chi connectivity index (χ3n) is 3.30. The molecule has 2 rings (SSSR count). The van der Waals surface area contributed by atoms with E-state index in [2.05, 4.69) is 0 Å². The van der Waals surface area contributed by atoms with Gasteiger partial charge in [0, 0.05) is 12.6 Å². The Morgan fingerprint density at radius 1 is 1.25 bits per heavy atom. The predicted octanol–water partition coefficient (Wildman–Crippen LogP) is 1.93. The van der Waals surface area contributed by atoms with Gasteiger partial charge in [-0.1, -0.05) is 6.07 Å². The molecule has 1 aliphatic carbocycles. The zero-order chi connectivity index (χ0) is 14.9. The summed E-state index contributed by atoms with van der Waals surface area (Å²) in [7, 11) is -3.61. The summed E-state index contributed by atoms with van der Waals surface area (Å²) >= 11 is 0. The minimum Gasteiger partial charge on any atom is -0.481 e. The Hall–Kier alpha value is -1.40. The van der Waals surface area contributed by atoms with Crippen molar-refractivity contribution in [2.24, 2.45) is 0 Å². The van der Waals surface area contributed by atoms with E-state index >= 15 is 0 Å². The van der Waals surface area contributed by atoms with Crippen molar-refractivity contribution in [1.82, 2.24) is 4.31 Å². The highest BCUT2D eigenvalue weighted by molar-refractivity contribution is 7.89. The van der Waals surface area contributed by atoms with Gasteiger partial charge in [0.2, 0.25) is 10.0 Å². The number of sulfonamides is 1. The lowest BCUT2D eigenvalue weighted by Gasteiger charge is -2.21. The van der Waals surface area contributed by atoms with E-state index in [-0.39, 0.29) is 23.9 Å². The summed E-state index contributed by atoms with van der Waals surface area (Å²) in [4.78, 5) is 11.0. The molecule has 110 valence electrons. The third kappa shape index (κ3) is 3.37. The van der Waals surface area contributed by atoms with Crippen molar-refractivity contribution in [2.45, 2.75) is 44.0 Å². The summed E-state index contributed by atoms with van der Waals surface area (Å²) in [6.07, 6.45) is 1.45. The zero-order valence-electron chi connectivity index (χ0n) is 11.7. The monoisotopic (exact) mass is 297 g/mol. The van der Waals surface area contributed by atoms with Crippen LogP contribution in [-0.4, -0.2) is 36.4 Å². The first-order valence-electron chi connectivity index (χ1n) is 6.62. The standard InChI is InChI=1S/C14H19NO4S/c1-10-7-11(2)9-13(8-10)20(18,19)15(12-3-4-12)6-5-14(16)17/h7-9,12H,3-6H2,1-2H3,(H,16,17). The quantitative estimate of drug-likeness (QED) is 0.870. The first kappa shape index (κ1) is 15.0. The molecule has 6 heteroatoms. The van der Waals surface area contributed by atoms with Crippen molar-refractivity contribution in [3.05, 3.63) is 29.3 Å². The highest BCUT2D eigenvalue weighted by atomic mass is 32.2. The average molecular weight is 297 g/mol. The largest absolute Gasteiger partial charge is 0.481 e. The predicted molar refractivity (Wildman–Crippen MR) is 75.1 cm³/mol. The topological polar surface area (TPSA) is 74.7 Å². The normalized spacial score (nSPS) is 15.6. The van der Waals surface area contributed by atoms with Gasteiger partial charge in [0.15, 0.2) is 0 Å². The van der Waals surface area contributed by atoms with E-state index in [1.807, 2.05) is 19.9 Å². The number of hydrogen-bond donors (Lipinski definition) is 1. The van der Waals surface area contributed by atoms with Crippen molar-refractivity contribution in [1.29, 1.82) is 0 Å². The van der Waals surface area contributed by atoms with Gasteiger partial charge in [-0.2, -0.15) is 4.31 Å². The molecule has 0 unspecified atom stereocenters. The van der Waals surface area contributed by atoms with Gasteiger partial charge in [0.1, 0.15) is 0 Å². The Bertz CT molecular complexity index is 600. The third-order valence-corrected chi connectivity index (χ3v) is 5.23. The zero-order valence-corrected chi connectivity index (χ0v) is 12.5. The number of aryl methyl sites for hydroxylation is 2. The molecule has 1 aliphatic rings. The Morgan fingerprint density at radius 2 is 1.80 bits per heavy atom. The maximum atomic E-state index is 12.7. The van der Waals surface area contributed by atoms with Crippen LogP contribution in [0.5, 0.6) is 0 Å². The number of carbonyl (C=O) groups is 1. The number of nitrogens with zero attached hydrogens (tertiary/aromatic N) is 1. The molecular weight excluding hydrogens is 278 g/mol. The molecule has 0 saturated heterocycles. The van der Waals surface area contributed by atoms with Gasteiger partial charge < -0.3 is 5.11 Å². The summed E-state index contributed by atoms with van der Waals surface area (Å²) in [5.74, 6) is -0.980. The number of rotatable bonds is 6. The Balaban J connectivity index is 2.32. The molecular formula is C14H19NO4S. The summed E-state index contributed by atoms with van der Waals surface area (Å²) in [6.45, 7) is 3.74. The number of aliphatic carboxylic acids is 1. The SMILES string of the molecule is Cc1cc(C)cc(S(=O)(=O)N(CCC(=O)O)C2CC2)c1. The number of hydrogen-bond acceptors (Lipinski definition) is 3. The van der Waals surface area contributed by atoms with E-state index < -0.39 is 16.0 Å². The molecule has 1 aromatic rings. The van der Waals surface area contributed by atoms with Gasteiger partial charge in [-0.3, -0.25) is 4.79 Å². The van der Waals surface area contributed by atoms with Crippen molar-refractivity contribution in [3.63, 3.8) is 0 Å². The fourth-order valence-electron chi connectivity index (χ4n) is 2.28. The van der Waals surface area contributed by atoms with Crippen LogP contribution in [0, 0.1) is 13.8 Å². The number of benzene rings is 1. The molecule has 1 fully saturated rings. The van der Waals surface area contributed by atoms with Crippen LogP contribution in [0.1, 0.15) is 30.4 Å². The van der Waals surface area contributed by atoms with E-state index in [1.54, 1.807) is 12.1 Å². The van der Waals surface area contributed by atoms with Gasteiger partial charge in [-0.05, 0) is 49.9 Å². The van der Waals surface area contributed by atoms with Gasteiger partial charge in [-0.25, -0.2) is 8.42 Å². The Morgan fingerprint density at radius 3 is 2.25 bits per heavy atom. The first-order chi connectivity index (χ1) is 9.30. The number of carboxylic acid groups (broad SMARTS) is 1. The molecule has 1 saturated carbocycles. The second-order valence-corrected chi connectivity index (χ2v) is 7.20. The van der Waals surface area contributed by atoms with Crippen molar-refractivity contribution < 1.29 is 18.3 Å². The molecule has 0 radical (unpaired) electrons. The van der Waals surface area contributed by atoms with Crippen LogP contribution in [-0.2, 0) is 14.8 Å². The van der Waals surface area contributed by atoms with Crippen LogP contribution in [0.3, 0.4) is 0 Å². The van der Waals surface area contributed by atoms with Crippen LogP contribution >= 0.6 is 0 Å². The Kier molecular flexibility index (Phi) is 4.15. The van der Waals surface area contributed by atoms with Gasteiger partial charge in [0.25, 0.3) is 0 Å². The van der Waals surface area contributed by atoms with E-state index in [0.29, 0.717) is 0 Å². The van der Waals surface area contributed by atoms with Crippen LogP contribution in [0.15, 0.2) is 23.1 Å². The second-order valence-electron chi connectivity index (χ2n) is 5.31.